The van der Waals surface area contributed by atoms with E-state index in [0.717, 1.165) is 19.6 Å². The molecule has 0 aliphatic carbocycles. The Bertz CT molecular complexity index is 1230. The first-order chi connectivity index (χ1) is 17.4. The maximum absolute atomic E-state index is 13.3. The van der Waals surface area contributed by atoms with Crippen LogP contribution in [0.25, 0.3) is 0 Å². The average Bonchev–Trinajstić information content (AvgIpc) is 3.36. The zero-order valence-corrected chi connectivity index (χ0v) is 20.1. The van der Waals surface area contributed by atoms with Crippen LogP contribution in [0.5, 0.6) is 0 Å². The summed E-state index contributed by atoms with van der Waals surface area (Å²) < 4.78 is 13.3. The summed E-state index contributed by atoms with van der Waals surface area (Å²) in [6.45, 7) is 5.01. The molecule has 0 radical (unpaired) electrons. The Hall–Kier alpha value is -4.05. The van der Waals surface area contributed by atoms with E-state index < -0.39 is 11.7 Å². The number of likely N-dealkylation sites (tertiary alicyclic amines) is 1. The zero-order valence-electron chi connectivity index (χ0n) is 20.1. The zero-order chi connectivity index (χ0) is 25.5. The fourth-order valence-electron chi connectivity index (χ4n) is 4.15. The van der Waals surface area contributed by atoms with E-state index in [0.29, 0.717) is 29.0 Å². The Morgan fingerprint density at radius 3 is 2.28 bits per heavy atom. The highest BCUT2D eigenvalue weighted by molar-refractivity contribution is 6.10. The molecule has 36 heavy (non-hydrogen) atoms. The summed E-state index contributed by atoms with van der Waals surface area (Å²) in [5, 5.41) is 8.30. The molecule has 0 spiro atoms. The summed E-state index contributed by atoms with van der Waals surface area (Å²) in [6, 6.07) is 10.5. The van der Waals surface area contributed by atoms with Crippen molar-refractivity contribution in [3.63, 3.8) is 0 Å². The molecule has 0 saturated carbocycles. The van der Waals surface area contributed by atoms with Crippen molar-refractivity contribution in [2.75, 3.05) is 36.8 Å². The summed E-state index contributed by atoms with van der Waals surface area (Å²) in [7, 11) is 0. The molecule has 1 fully saturated rings. The SMILES string of the molecule is Cc1cc(F)ccc1C(=O)Nc1ccc(NC(=O)c2nc[nH]c2C(=O)NCCN2CCCCC2)cc1. The number of hydrogen-bond donors (Lipinski definition) is 4. The first-order valence-corrected chi connectivity index (χ1v) is 11.9. The number of aryl methyl sites for hydroxylation is 1. The van der Waals surface area contributed by atoms with Gasteiger partial charge >= 0.3 is 0 Å². The number of piperidine rings is 1. The van der Waals surface area contributed by atoms with Crippen LogP contribution >= 0.6 is 0 Å². The van der Waals surface area contributed by atoms with Gasteiger partial charge in [-0.15, -0.1) is 0 Å². The highest BCUT2D eigenvalue weighted by atomic mass is 19.1. The molecule has 3 aromatic rings. The van der Waals surface area contributed by atoms with E-state index in [-0.39, 0.29) is 23.2 Å². The average molecular weight is 493 g/mol. The number of hydrogen-bond acceptors (Lipinski definition) is 5. The first-order valence-electron chi connectivity index (χ1n) is 11.9. The van der Waals surface area contributed by atoms with Gasteiger partial charge in [-0.3, -0.25) is 14.4 Å². The van der Waals surface area contributed by atoms with Crippen LogP contribution in [0.4, 0.5) is 15.8 Å². The van der Waals surface area contributed by atoms with Gasteiger partial charge in [0, 0.05) is 30.0 Å². The monoisotopic (exact) mass is 492 g/mol. The highest BCUT2D eigenvalue weighted by Crippen LogP contribution is 2.18. The molecule has 2 heterocycles. The van der Waals surface area contributed by atoms with Crippen molar-refractivity contribution in [3.05, 3.63) is 77.1 Å². The van der Waals surface area contributed by atoms with Crippen LogP contribution in [0, 0.1) is 12.7 Å². The second-order valence-electron chi connectivity index (χ2n) is 8.73. The Morgan fingerprint density at radius 2 is 1.61 bits per heavy atom. The quantitative estimate of drug-likeness (QED) is 0.383. The lowest BCUT2D eigenvalue weighted by molar-refractivity contribution is 0.0929. The van der Waals surface area contributed by atoms with Crippen LogP contribution in [-0.4, -0.2) is 58.8 Å². The maximum atomic E-state index is 13.3. The molecule has 4 rings (SSSR count). The third-order valence-electron chi connectivity index (χ3n) is 6.08. The molecular weight excluding hydrogens is 463 g/mol. The Morgan fingerprint density at radius 1 is 0.944 bits per heavy atom. The minimum Gasteiger partial charge on any atom is -0.349 e. The van der Waals surface area contributed by atoms with Crippen molar-refractivity contribution in [2.24, 2.45) is 0 Å². The third-order valence-corrected chi connectivity index (χ3v) is 6.08. The van der Waals surface area contributed by atoms with Crippen LogP contribution in [0.3, 0.4) is 0 Å². The number of halogens is 1. The maximum Gasteiger partial charge on any atom is 0.276 e. The molecule has 1 aliphatic heterocycles. The smallest absolute Gasteiger partial charge is 0.276 e. The Balaban J connectivity index is 1.31. The van der Waals surface area contributed by atoms with Gasteiger partial charge in [-0.25, -0.2) is 9.37 Å². The van der Waals surface area contributed by atoms with Crippen molar-refractivity contribution < 1.29 is 18.8 Å². The van der Waals surface area contributed by atoms with Crippen LogP contribution in [-0.2, 0) is 0 Å². The summed E-state index contributed by atoms with van der Waals surface area (Å²) >= 11 is 0. The minimum absolute atomic E-state index is 0.00497. The molecule has 188 valence electrons. The van der Waals surface area contributed by atoms with Gasteiger partial charge in [-0.1, -0.05) is 6.42 Å². The lowest BCUT2D eigenvalue weighted by atomic mass is 10.1. The van der Waals surface area contributed by atoms with Crippen LogP contribution < -0.4 is 16.0 Å². The fourth-order valence-corrected chi connectivity index (χ4v) is 4.15. The second kappa shape index (κ2) is 11.6. The fraction of sp³-hybridized carbons (Fsp3) is 0.308. The molecule has 1 aromatic heterocycles. The van der Waals surface area contributed by atoms with Gasteiger partial charge < -0.3 is 25.8 Å². The van der Waals surface area contributed by atoms with Crippen LogP contribution in [0.1, 0.15) is 56.2 Å². The molecule has 10 heteroatoms. The standard InChI is InChI=1S/C26H29FN6O3/c1-17-15-18(27)5-10-21(17)24(34)31-19-6-8-20(9-7-19)32-26(36)23-22(29-16-30-23)25(35)28-11-14-33-12-3-2-4-13-33/h5-10,15-16H,2-4,11-14H2,1H3,(H,28,35)(H,29,30)(H,31,34)(H,32,36). The molecular formula is C26H29FN6O3. The molecule has 0 atom stereocenters. The van der Waals surface area contributed by atoms with Crippen molar-refractivity contribution in [1.29, 1.82) is 0 Å². The highest BCUT2D eigenvalue weighted by Gasteiger charge is 2.21. The molecule has 0 bridgehead atoms. The number of rotatable bonds is 8. The number of aromatic nitrogens is 2. The number of carbonyl (C=O) groups is 3. The molecule has 3 amide bonds. The van der Waals surface area contributed by atoms with Crippen molar-refractivity contribution >= 4 is 29.1 Å². The van der Waals surface area contributed by atoms with Crippen molar-refractivity contribution in [1.82, 2.24) is 20.2 Å². The number of aromatic amines is 1. The molecule has 1 saturated heterocycles. The minimum atomic E-state index is -0.531. The number of nitrogens with one attached hydrogen (secondary N) is 4. The molecule has 9 nitrogen and oxygen atoms in total. The number of carbonyl (C=O) groups excluding carboxylic acids is 3. The van der Waals surface area contributed by atoms with E-state index >= 15 is 0 Å². The van der Waals surface area contributed by atoms with E-state index in [1.807, 2.05) is 0 Å². The summed E-state index contributed by atoms with van der Waals surface area (Å²) in [4.78, 5) is 46.9. The van der Waals surface area contributed by atoms with Gasteiger partial charge in [0.05, 0.1) is 6.33 Å². The number of anilines is 2. The summed E-state index contributed by atoms with van der Waals surface area (Å²) in [5.41, 5.74) is 1.97. The topological polar surface area (TPSA) is 119 Å². The summed E-state index contributed by atoms with van der Waals surface area (Å²) in [5.74, 6) is -1.68. The molecule has 2 aromatic carbocycles. The number of amides is 3. The number of H-pyrrole nitrogens is 1. The van der Waals surface area contributed by atoms with Gasteiger partial charge in [0.2, 0.25) is 0 Å². The Kier molecular flexibility index (Phi) is 8.06. The summed E-state index contributed by atoms with van der Waals surface area (Å²) in [6.07, 6.45) is 4.92. The van der Waals surface area contributed by atoms with Crippen molar-refractivity contribution in [3.8, 4) is 0 Å². The normalized spacial score (nSPS) is 13.7. The van der Waals surface area contributed by atoms with Crippen LogP contribution in [0.2, 0.25) is 0 Å². The van der Waals surface area contributed by atoms with Gasteiger partial charge in [-0.05, 0) is 80.9 Å². The molecule has 1 aliphatic rings. The van der Waals surface area contributed by atoms with E-state index in [9.17, 15) is 18.8 Å². The van der Waals surface area contributed by atoms with E-state index in [1.165, 1.54) is 43.8 Å². The third kappa shape index (κ3) is 6.33. The molecule has 4 N–H and O–H groups in total. The first kappa shape index (κ1) is 25.1. The predicted molar refractivity (Wildman–Crippen MR) is 135 cm³/mol. The lowest BCUT2D eigenvalue weighted by Gasteiger charge is -2.26. The van der Waals surface area contributed by atoms with E-state index in [2.05, 4.69) is 30.8 Å². The van der Waals surface area contributed by atoms with Gasteiger partial charge in [0.25, 0.3) is 17.7 Å². The Labute approximate surface area is 208 Å². The molecule has 0 unspecified atom stereocenters. The lowest BCUT2D eigenvalue weighted by Crippen LogP contribution is -2.38. The van der Waals surface area contributed by atoms with Gasteiger partial charge in [0.1, 0.15) is 11.5 Å². The largest absolute Gasteiger partial charge is 0.349 e. The number of nitrogens with zero attached hydrogens (tertiary/aromatic N) is 2. The van der Waals surface area contributed by atoms with E-state index in [1.54, 1.807) is 31.2 Å². The predicted octanol–water partition coefficient (Wildman–Crippen LogP) is 3.58. The number of benzene rings is 2. The van der Waals surface area contributed by atoms with Gasteiger partial charge in [-0.2, -0.15) is 0 Å². The van der Waals surface area contributed by atoms with Crippen LogP contribution in [0.15, 0.2) is 48.8 Å². The van der Waals surface area contributed by atoms with E-state index in [4.69, 9.17) is 0 Å². The second-order valence-corrected chi connectivity index (χ2v) is 8.73. The van der Waals surface area contributed by atoms with Crippen molar-refractivity contribution in [2.45, 2.75) is 26.2 Å². The van der Waals surface area contributed by atoms with Gasteiger partial charge in [0.15, 0.2) is 5.69 Å². The number of imidazole rings is 1.